The lowest BCUT2D eigenvalue weighted by atomic mass is 10.1. The van der Waals surface area contributed by atoms with Gasteiger partial charge in [-0.3, -0.25) is 4.79 Å². The minimum absolute atomic E-state index is 0.0397. The Morgan fingerprint density at radius 3 is 2.80 bits per heavy atom. The number of benzene rings is 2. The summed E-state index contributed by atoms with van der Waals surface area (Å²) in [6.07, 6.45) is 3.38. The monoisotopic (exact) mass is 331 g/mol. The first-order valence-corrected chi connectivity index (χ1v) is 7.65. The number of imidazole rings is 1. The molecular weight excluding hydrogens is 318 g/mol. The second-order valence-corrected chi connectivity index (χ2v) is 5.46. The molecule has 0 aliphatic heterocycles. The molecule has 25 heavy (non-hydrogen) atoms. The maximum absolute atomic E-state index is 12.5. The van der Waals surface area contributed by atoms with E-state index in [1.807, 2.05) is 12.1 Å². The molecule has 122 valence electrons. The summed E-state index contributed by atoms with van der Waals surface area (Å²) < 4.78 is 5.20. The molecule has 0 aliphatic carbocycles. The summed E-state index contributed by atoms with van der Waals surface area (Å²) in [5, 5.41) is 3.42. The maximum atomic E-state index is 12.5. The van der Waals surface area contributed by atoms with E-state index in [9.17, 15) is 9.59 Å². The number of aromatic amines is 1. The predicted molar refractivity (Wildman–Crippen MR) is 94.5 cm³/mol. The number of fused-ring (bicyclic) bond motifs is 1. The van der Waals surface area contributed by atoms with Gasteiger partial charge >= 0.3 is 5.63 Å². The molecule has 0 bridgehead atoms. The molecular formula is C19H13N3O3. The number of nitrogens with one attached hydrogen (secondary N) is 2. The second kappa shape index (κ2) is 6.09. The number of anilines is 1. The fourth-order valence-corrected chi connectivity index (χ4v) is 2.59. The van der Waals surface area contributed by atoms with Crippen LogP contribution >= 0.6 is 0 Å². The zero-order chi connectivity index (χ0) is 17.2. The lowest BCUT2D eigenvalue weighted by molar-refractivity contribution is 0.102. The van der Waals surface area contributed by atoms with Crippen LogP contribution < -0.4 is 10.9 Å². The highest BCUT2D eigenvalue weighted by Gasteiger charge is 2.14. The standard InChI is InChI=1S/C19H13N3O3/c23-18(15-11-12-4-1-2-7-16(12)25-19(15)24)22-14-6-3-5-13(10-14)17-20-8-9-21-17/h1-11H,(H,20,21)(H,22,23). The molecule has 4 rings (SSSR count). The summed E-state index contributed by atoms with van der Waals surface area (Å²) in [5.41, 5.74) is 1.13. The number of amides is 1. The molecule has 2 aromatic carbocycles. The van der Waals surface area contributed by atoms with Crippen LogP contribution in [0.1, 0.15) is 10.4 Å². The van der Waals surface area contributed by atoms with Crippen molar-refractivity contribution in [3.63, 3.8) is 0 Å². The average molecular weight is 331 g/mol. The van der Waals surface area contributed by atoms with Gasteiger partial charge in [0, 0.05) is 29.0 Å². The minimum Gasteiger partial charge on any atom is -0.422 e. The number of rotatable bonds is 3. The molecule has 0 saturated carbocycles. The molecule has 6 nitrogen and oxygen atoms in total. The highest BCUT2D eigenvalue weighted by atomic mass is 16.4. The van der Waals surface area contributed by atoms with E-state index >= 15 is 0 Å². The summed E-state index contributed by atoms with van der Waals surface area (Å²) >= 11 is 0. The molecule has 0 saturated heterocycles. The quantitative estimate of drug-likeness (QED) is 0.563. The first-order chi connectivity index (χ1) is 12.2. The third kappa shape index (κ3) is 2.92. The number of H-pyrrole nitrogens is 1. The van der Waals surface area contributed by atoms with Gasteiger partial charge in [0.2, 0.25) is 0 Å². The Balaban J connectivity index is 1.65. The SMILES string of the molecule is O=C(Nc1cccc(-c2ncc[nH]2)c1)c1cc2ccccc2oc1=O. The number of hydrogen-bond acceptors (Lipinski definition) is 4. The normalized spacial score (nSPS) is 10.7. The van der Waals surface area contributed by atoms with Crippen molar-refractivity contribution < 1.29 is 9.21 Å². The Kier molecular flexibility index (Phi) is 3.63. The van der Waals surface area contributed by atoms with Gasteiger partial charge in [0.05, 0.1) is 0 Å². The average Bonchev–Trinajstić information content (AvgIpc) is 3.16. The summed E-state index contributed by atoms with van der Waals surface area (Å²) in [5.74, 6) is 0.178. The molecule has 0 atom stereocenters. The zero-order valence-electron chi connectivity index (χ0n) is 13.0. The van der Waals surface area contributed by atoms with Gasteiger partial charge in [-0.1, -0.05) is 30.3 Å². The molecule has 0 spiro atoms. The van der Waals surface area contributed by atoms with Gasteiger partial charge in [0.1, 0.15) is 17.0 Å². The van der Waals surface area contributed by atoms with Crippen molar-refractivity contribution in [2.45, 2.75) is 0 Å². The molecule has 2 aromatic heterocycles. The number of nitrogens with zero attached hydrogens (tertiary/aromatic N) is 1. The third-order valence-corrected chi connectivity index (χ3v) is 3.78. The van der Waals surface area contributed by atoms with E-state index in [0.717, 1.165) is 5.56 Å². The summed E-state index contributed by atoms with van der Waals surface area (Å²) in [6, 6.07) is 15.8. The van der Waals surface area contributed by atoms with Gasteiger partial charge in [-0.05, 0) is 24.3 Å². The van der Waals surface area contributed by atoms with Crippen LogP contribution in [-0.4, -0.2) is 15.9 Å². The van der Waals surface area contributed by atoms with Crippen molar-refractivity contribution in [1.82, 2.24) is 9.97 Å². The van der Waals surface area contributed by atoms with Crippen molar-refractivity contribution in [1.29, 1.82) is 0 Å². The van der Waals surface area contributed by atoms with Crippen molar-refractivity contribution in [2.75, 3.05) is 5.32 Å². The van der Waals surface area contributed by atoms with Gasteiger partial charge in [-0.15, -0.1) is 0 Å². The highest BCUT2D eigenvalue weighted by Crippen LogP contribution is 2.20. The first kappa shape index (κ1) is 14.9. The van der Waals surface area contributed by atoms with E-state index < -0.39 is 11.5 Å². The van der Waals surface area contributed by atoms with Crippen LogP contribution in [0.5, 0.6) is 0 Å². The number of aromatic nitrogens is 2. The Hall–Kier alpha value is -3.67. The van der Waals surface area contributed by atoms with E-state index in [4.69, 9.17) is 4.42 Å². The van der Waals surface area contributed by atoms with Crippen LogP contribution in [0.2, 0.25) is 0 Å². The maximum Gasteiger partial charge on any atom is 0.349 e. The van der Waals surface area contributed by atoms with Crippen LogP contribution in [0.3, 0.4) is 0 Å². The fraction of sp³-hybridized carbons (Fsp3) is 0. The largest absolute Gasteiger partial charge is 0.422 e. The lowest BCUT2D eigenvalue weighted by Gasteiger charge is -2.06. The van der Waals surface area contributed by atoms with Crippen LogP contribution in [0.15, 0.2) is 76.2 Å². The number of para-hydroxylation sites is 1. The Bertz CT molecular complexity index is 1110. The van der Waals surface area contributed by atoms with E-state index in [-0.39, 0.29) is 5.56 Å². The van der Waals surface area contributed by atoms with Gasteiger partial charge in [0.25, 0.3) is 5.91 Å². The van der Waals surface area contributed by atoms with Crippen molar-refractivity contribution in [3.8, 4) is 11.4 Å². The number of hydrogen-bond donors (Lipinski definition) is 2. The van der Waals surface area contributed by atoms with E-state index in [1.165, 1.54) is 6.07 Å². The topological polar surface area (TPSA) is 88.0 Å². The Morgan fingerprint density at radius 1 is 1.08 bits per heavy atom. The Labute approximate surface area is 142 Å². The van der Waals surface area contributed by atoms with Gasteiger partial charge in [-0.2, -0.15) is 0 Å². The van der Waals surface area contributed by atoms with E-state index in [1.54, 1.807) is 48.8 Å². The fourth-order valence-electron chi connectivity index (χ4n) is 2.59. The second-order valence-electron chi connectivity index (χ2n) is 5.46. The van der Waals surface area contributed by atoms with Crippen molar-refractivity contribution in [2.24, 2.45) is 0 Å². The van der Waals surface area contributed by atoms with Crippen LogP contribution in [0.25, 0.3) is 22.4 Å². The summed E-state index contributed by atoms with van der Waals surface area (Å²) in [6.45, 7) is 0. The van der Waals surface area contributed by atoms with Gasteiger partial charge < -0.3 is 14.7 Å². The zero-order valence-corrected chi connectivity index (χ0v) is 13.0. The molecule has 0 aliphatic rings. The molecule has 0 fully saturated rings. The molecule has 4 aromatic rings. The molecule has 0 unspecified atom stereocenters. The molecule has 2 N–H and O–H groups in total. The van der Waals surface area contributed by atoms with Crippen molar-refractivity contribution >= 4 is 22.6 Å². The highest BCUT2D eigenvalue weighted by molar-refractivity contribution is 6.05. The minimum atomic E-state index is -0.668. The first-order valence-electron chi connectivity index (χ1n) is 7.65. The lowest BCUT2D eigenvalue weighted by Crippen LogP contribution is -2.20. The summed E-state index contributed by atoms with van der Waals surface area (Å²) in [4.78, 5) is 31.7. The molecule has 6 heteroatoms. The Morgan fingerprint density at radius 2 is 1.96 bits per heavy atom. The van der Waals surface area contributed by atoms with Crippen LogP contribution in [0.4, 0.5) is 5.69 Å². The summed E-state index contributed by atoms with van der Waals surface area (Å²) in [7, 11) is 0. The number of carbonyl (C=O) groups is 1. The number of carbonyl (C=O) groups excluding carboxylic acids is 1. The predicted octanol–water partition coefficient (Wildman–Crippen LogP) is 3.44. The van der Waals surface area contributed by atoms with Crippen LogP contribution in [-0.2, 0) is 0 Å². The smallest absolute Gasteiger partial charge is 0.349 e. The molecule has 1 amide bonds. The van der Waals surface area contributed by atoms with Crippen LogP contribution in [0, 0.1) is 0 Å². The van der Waals surface area contributed by atoms with Crippen molar-refractivity contribution in [3.05, 3.63) is 83.0 Å². The third-order valence-electron chi connectivity index (χ3n) is 3.78. The molecule has 0 radical (unpaired) electrons. The van der Waals surface area contributed by atoms with E-state index in [0.29, 0.717) is 22.5 Å². The van der Waals surface area contributed by atoms with Gasteiger partial charge in [-0.25, -0.2) is 9.78 Å². The van der Waals surface area contributed by atoms with E-state index in [2.05, 4.69) is 15.3 Å². The van der Waals surface area contributed by atoms with Gasteiger partial charge in [0.15, 0.2) is 0 Å². The molecule has 2 heterocycles.